The van der Waals surface area contributed by atoms with Crippen LogP contribution >= 0.6 is 0 Å². The predicted molar refractivity (Wildman–Crippen MR) is 80.9 cm³/mol. The van der Waals surface area contributed by atoms with Crippen molar-refractivity contribution in [1.82, 2.24) is 9.88 Å². The normalized spacial score (nSPS) is 10.6. The molecule has 1 aromatic rings. The van der Waals surface area contributed by atoms with Crippen LogP contribution in [0, 0.1) is 0 Å². The van der Waals surface area contributed by atoms with Crippen LogP contribution < -0.4 is 11.1 Å². The number of carbonyl (C=O) groups is 1. The van der Waals surface area contributed by atoms with Crippen molar-refractivity contribution < 1.29 is 9.53 Å². The maximum absolute atomic E-state index is 11.4. The van der Waals surface area contributed by atoms with Crippen LogP contribution in [0.15, 0.2) is 12.1 Å². The number of hydrogen-bond acceptors (Lipinski definition) is 6. The van der Waals surface area contributed by atoms with Crippen molar-refractivity contribution in [3.05, 3.63) is 17.8 Å². The second-order valence-electron chi connectivity index (χ2n) is 4.43. The van der Waals surface area contributed by atoms with Crippen LogP contribution in [0.2, 0.25) is 0 Å². The number of anilines is 2. The molecule has 0 aliphatic rings. The van der Waals surface area contributed by atoms with Gasteiger partial charge in [0.1, 0.15) is 5.82 Å². The van der Waals surface area contributed by atoms with Gasteiger partial charge in [-0.15, -0.1) is 0 Å². The number of hydrogen-bond donors (Lipinski definition) is 2. The van der Waals surface area contributed by atoms with E-state index in [1.807, 2.05) is 0 Å². The minimum atomic E-state index is -0.462. The smallest absolute Gasteiger partial charge is 0.356 e. The van der Waals surface area contributed by atoms with Gasteiger partial charge in [-0.05, 0) is 38.2 Å². The first-order valence-electron chi connectivity index (χ1n) is 6.93. The standard InChI is InChI=1S/C14H24N4O2/c1-4-18(5-2)10-6-9-16-13-11(15)7-8-12(17-13)14(19)20-3/h7-8H,4-6,9-10,15H2,1-3H3,(H,16,17). The van der Waals surface area contributed by atoms with E-state index in [1.165, 1.54) is 7.11 Å². The zero-order valence-electron chi connectivity index (χ0n) is 12.5. The summed E-state index contributed by atoms with van der Waals surface area (Å²) in [6, 6.07) is 3.22. The quantitative estimate of drug-likeness (QED) is 0.556. The average molecular weight is 280 g/mol. The van der Waals surface area contributed by atoms with Gasteiger partial charge in [-0.2, -0.15) is 0 Å². The number of carbonyl (C=O) groups excluding carboxylic acids is 1. The molecule has 112 valence electrons. The highest BCUT2D eigenvalue weighted by Crippen LogP contribution is 2.16. The topological polar surface area (TPSA) is 80.5 Å². The molecule has 1 rings (SSSR count). The number of nitrogens with one attached hydrogen (secondary N) is 1. The molecule has 3 N–H and O–H groups in total. The molecular formula is C14H24N4O2. The number of esters is 1. The Hall–Kier alpha value is -1.82. The van der Waals surface area contributed by atoms with Gasteiger partial charge in [0.05, 0.1) is 12.8 Å². The van der Waals surface area contributed by atoms with Crippen molar-refractivity contribution in [3.63, 3.8) is 0 Å². The summed E-state index contributed by atoms with van der Waals surface area (Å²) in [5.41, 5.74) is 6.62. The maximum Gasteiger partial charge on any atom is 0.356 e. The molecule has 20 heavy (non-hydrogen) atoms. The second kappa shape index (κ2) is 8.37. The summed E-state index contributed by atoms with van der Waals surface area (Å²) in [5.74, 6) is 0.0728. The number of rotatable bonds is 8. The highest BCUT2D eigenvalue weighted by Gasteiger charge is 2.10. The first kappa shape index (κ1) is 16.2. The third kappa shape index (κ3) is 4.70. The first-order chi connectivity index (χ1) is 9.62. The van der Waals surface area contributed by atoms with E-state index in [4.69, 9.17) is 5.73 Å². The summed E-state index contributed by atoms with van der Waals surface area (Å²) in [6.45, 7) is 8.19. The average Bonchev–Trinajstić information content (AvgIpc) is 2.48. The summed E-state index contributed by atoms with van der Waals surface area (Å²) < 4.78 is 4.64. The third-order valence-corrected chi connectivity index (χ3v) is 3.16. The van der Waals surface area contributed by atoms with Crippen molar-refractivity contribution in [2.45, 2.75) is 20.3 Å². The summed E-state index contributed by atoms with van der Waals surface area (Å²) in [7, 11) is 1.33. The zero-order valence-corrected chi connectivity index (χ0v) is 12.5. The molecule has 0 unspecified atom stereocenters. The van der Waals surface area contributed by atoms with Crippen molar-refractivity contribution in [3.8, 4) is 0 Å². The van der Waals surface area contributed by atoms with Crippen molar-refractivity contribution in [2.75, 3.05) is 44.3 Å². The fraction of sp³-hybridized carbons (Fsp3) is 0.571. The lowest BCUT2D eigenvalue weighted by Crippen LogP contribution is -2.25. The molecule has 1 heterocycles. The van der Waals surface area contributed by atoms with Gasteiger partial charge in [-0.1, -0.05) is 13.8 Å². The molecule has 0 saturated carbocycles. The van der Waals surface area contributed by atoms with Crippen molar-refractivity contribution >= 4 is 17.5 Å². The number of nitrogen functional groups attached to an aromatic ring is 1. The van der Waals surface area contributed by atoms with Crippen LogP contribution in [-0.4, -0.2) is 49.1 Å². The molecule has 0 bridgehead atoms. The van der Waals surface area contributed by atoms with Crippen LogP contribution in [0.1, 0.15) is 30.8 Å². The van der Waals surface area contributed by atoms with Crippen molar-refractivity contribution in [1.29, 1.82) is 0 Å². The number of nitrogens with zero attached hydrogens (tertiary/aromatic N) is 2. The number of methoxy groups -OCH3 is 1. The lowest BCUT2D eigenvalue weighted by Gasteiger charge is -2.18. The Morgan fingerprint density at radius 2 is 2.10 bits per heavy atom. The van der Waals surface area contributed by atoms with Gasteiger partial charge < -0.3 is 20.7 Å². The molecule has 0 spiro atoms. The molecule has 0 aliphatic carbocycles. The van der Waals surface area contributed by atoms with Gasteiger partial charge in [-0.3, -0.25) is 0 Å². The number of aromatic nitrogens is 1. The zero-order chi connectivity index (χ0) is 15.0. The van der Waals surface area contributed by atoms with E-state index in [2.05, 4.69) is 33.8 Å². The summed E-state index contributed by atoms with van der Waals surface area (Å²) >= 11 is 0. The molecule has 0 radical (unpaired) electrons. The highest BCUT2D eigenvalue weighted by atomic mass is 16.5. The molecule has 6 heteroatoms. The van der Waals surface area contributed by atoms with Crippen molar-refractivity contribution in [2.24, 2.45) is 0 Å². The lowest BCUT2D eigenvalue weighted by atomic mass is 10.3. The van der Waals surface area contributed by atoms with Gasteiger partial charge in [0, 0.05) is 6.54 Å². The van der Waals surface area contributed by atoms with Crippen LogP contribution in [0.4, 0.5) is 11.5 Å². The van der Waals surface area contributed by atoms with Gasteiger partial charge in [0.2, 0.25) is 0 Å². The predicted octanol–water partition coefficient (Wildman–Crippen LogP) is 1.59. The molecule has 6 nitrogen and oxygen atoms in total. The van der Waals surface area contributed by atoms with Gasteiger partial charge in [-0.25, -0.2) is 9.78 Å². The molecule has 0 saturated heterocycles. The van der Waals surface area contributed by atoms with Gasteiger partial charge >= 0.3 is 5.97 Å². The minimum Gasteiger partial charge on any atom is -0.464 e. The Kier molecular flexibility index (Phi) is 6.79. The molecule has 0 fully saturated rings. The molecule has 0 aromatic carbocycles. The van der Waals surface area contributed by atoms with Crippen LogP contribution in [0.5, 0.6) is 0 Å². The van der Waals surface area contributed by atoms with E-state index >= 15 is 0 Å². The Morgan fingerprint density at radius 1 is 1.40 bits per heavy atom. The Balaban J connectivity index is 2.52. The fourth-order valence-electron chi connectivity index (χ4n) is 1.88. The molecule has 1 aromatic heterocycles. The van der Waals surface area contributed by atoms with Gasteiger partial charge in [0.25, 0.3) is 0 Å². The SMILES string of the molecule is CCN(CC)CCCNc1nc(C(=O)OC)ccc1N. The lowest BCUT2D eigenvalue weighted by molar-refractivity contribution is 0.0594. The van der Waals surface area contributed by atoms with E-state index in [0.29, 0.717) is 11.5 Å². The Labute approximate surface area is 120 Å². The summed E-state index contributed by atoms with van der Waals surface area (Å²) in [6.07, 6.45) is 0.991. The summed E-state index contributed by atoms with van der Waals surface area (Å²) in [4.78, 5) is 17.9. The van der Waals surface area contributed by atoms with Crippen LogP contribution in [0.3, 0.4) is 0 Å². The van der Waals surface area contributed by atoms with E-state index < -0.39 is 5.97 Å². The maximum atomic E-state index is 11.4. The van der Waals surface area contributed by atoms with E-state index in [0.717, 1.165) is 32.6 Å². The first-order valence-corrected chi connectivity index (χ1v) is 6.93. The van der Waals surface area contributed by atoms with Crippen LogP contribution in [0.25, 0.3) is 0 Å². The van der Waals surface area contributed by atoms with E-state index in [9.17, 15) is 4.79 Å². The van der Waals surface area contributed by atoms with Gasteiger partial charge in [0.15, 0.2) is 5.69 Å². The Morgan fingerprint density at radius 3 is 2.70 bits per heavy atom. The third-order valence-electron chi connectivity index (χ3n) is 3.16. The van der Waals surface area contributed by atoms with E-state index in [-0.39, 0.29) is 5.69 Å². The van der Waals surface area contributed by atoms with E-state index in [1.54, 1.807) is 12.1 Å². The fourth-order valence-corrected chi connectivity index (χ4v) is 1.88. The largest absolute Gasteiger partial charge is 0.464 e. The molecule has 0 aliphatic heterocycles. The Bertz CT molecular complexity index is 433. The number of pyridine rings is 1. The summed E-state index contributed by atoms with van der Waals surface area (Å²) in [5, 5.41) is 3.17. The number of nitrogens with two attached hydrogens (primary N) is 1. The monoisotopic (exact) mass is 280 g/mol. The number of ether oxygens (including phenoxy) is 1. The molecule has 0 atom stereocenters. The molecular weight excluding hydrogens is 256 g/mol. The minimum absolute atomic E-state index is 0.257. The second-order valence-corrected chi connectivity index (χ2v) is 4.43. The highest BCUT2D eigenvalue weighted by molar-refractivity contribution is 5.88. The van der Waals surface area contributed by atoms with Crippen LogP contribution in [-0.2, 0) is 4.74 Å². The molecule has 0 amide bonds.